The fourth-order valence-corrected chi connectivity index (χ4v) is 5.38. The summed E-state index contributed by atoms with van der Waals surface area (Å²) >= 11 is 7.02. The number of hydrogen-bond donors (Lipinski definition) is 2. The molecule has 0 amide bonds. The largest absolute Gasteiger partial charge is 0.465 e. The third-order valence-electron chi connectivity index (χ3n) is 5.27. The van der Waals surface area contributed by atoms with Crippen LogP contribution in [0.1, 0.15) is 39.7 Å². The molecule has 9 heteroatoms. The predicted molar refractivity (Wildman–Crippen MR) is 124 cm³/mol. The average molecular weight is 459 g/mol. The second kappa shape index (κ2) is 9.15. The van der Waals surface area contributed by atoms with Crippen LogP contribution in [-0.2, 0) is 24.1 Å². The summed E-state index contributed by atoms with van der Waals surface area (Å²) in [7, 11) is 1.39. The monoisotopic (exact) mass is 458 g/mol. The number of ether oxygens (including phenoxy) is 1. The molecule has 162 valence electrons. The van der Waals surface area contributed by atoms with E-state index in [4.69, 9.17) is 17.0 Å². The summed E-state index contributed by atoms with van der Waals surface area (Å²) in [5.74, 6) is 0.564. The molecule has 3 aromatic rings. The van der Waals surface area contributed by atoms with Gasteiger partial charge in [-0.05, 0) is 60.7 Å². The molecule has 0 saturated heterocycles. The highest BCUT2D eigenvalue weighted by Crippen LogP contribution is 2.40. The van der Waals surface area contributed by atoms with Gasteiger partial charge in [-0.15, -0.1) is 11.3 Å². The van der Waals surface area contributed by atoms with Gasteiger partial charge in [0.15, 0.2) is 10.9 Å². The van der Waals surface area contributed by atoms with Crippen molar-refractivity contribution in [2.75, 3.05) is 17.7 Å². The maximum Gasteiger partial charge on any atom is 0.341 e. The van der Waals surface area contributed by atoms with E-state index in [0.717, 1.165) is 30.4 Å². The first-order chi connectivity index (χ1) is 14.9. The minimum atomic E-state index is -0.346. The van der Waals surface area contributed by atoms with Gasteiger partial charge in [0.05, 0.1) is 19.2 Å². The molecule has 0 spiro atoms. The van der Waals surface area contributed by atoms with Gasteiger partial charge in [-0.25, -0.2) is 9.18 Å². The number of rotatable bonds is 5. The highest BCUT2D eigenvalue weighted by atomic mass is 32.1. The Morgan fingerprint density at radius 3 is 2.84 bits per heavy atom. The minimum absolute atomic E-state index is 0.265. The van der Waals surface area contributed by atoms with Crippen molar-refractivity contribution in [2.45, 2.75) is 32.7 Å². The summed E-state index contributed by atoms with van der Waals surface area (Å²) in [4.78, 5) is 13.6. The van der Waals surface area contributed by atoms with Gasteiger partial charge in [0, 0.05) is 17.1 Å². The lowest BCUT2D eigenvalue weighted by atomic mass is 9.88. The van der Waals surface area contributed by atoms with Gasteiger partial charge < -0.3 is 15.4 Å². The zero-order valence-electron chi connectivity index (χ0n) is 17.3. The first-order valence-corrected chi connectivity index (χ1v) is 11.2. The third-order valence-corrected chi connectivity index (χ3v) is 6.64. The van der Waals surface area contributed by atoms with Crippen LogP contribution in [0, 0.1) is 11.7 Å². The molecule has 31 heavy (non-hydrogen) atoms. The predicted octanol–water partition coefficient (Wildman–Crippen LogP) is 4.85. The average Bonchev–Trinajstić information content (AvgIpc) is 3.32. The van der Waals surface area contributed by atoms with E-state index in [2.05, 4.69) is 22.7 Å². The van der Waals surface area contributed by atoms with Gasteiger partial charge in [-0.2, -0.15) is 5.10 Å². The fraction of sp³-hybridized carbons (Fsp3) is 0.318. The summed E-state index contributed by atoms with van der Waals surface area (Å²) in [6.45, 7) is 2.74. The number of carbonyl (C=O) groups excluding carboxylic acids is 1. The van der Waals surface area contributed by atoms with Crippen molar-refractivity contribution in [1.82, 2.24) is 9.78 Å². The van der Waals surface area contributed by atoms with Crippen LogP contribution in [0.25, 0.3) is 0 Å². The number of benzene rings is 1. The molecule has 2 heterocycles. The maximum atomic E-state index is 13.1. The Balaban J connectivity index is 1.45. The van der Waals surface area contributed by atoms with Crippen LogP contribution in [0.2, 0.25) is 0 Å². The molecule has 6 nitrogen and oxygen atoms in total. The number of nitrogens with one attached hydrogen (secondary N) is 2. The molecule has 1 aromatic carbocycles. The topological polar surface area (TPSA) is 68.2 Å². The molecule has 1 aliphatic rings. The first-order valence-electron chi connectivity index (χ1n) is 10.0. The van der Waals surface area contributed by atoms with E-state index in [1.54, 1.807) is 34.2 Å². The van der Waals surface area contributed by atoms with Crippen LogP contribution in [0.15, 0.2) is 36.5 Å². The standard InChI is InChI=1S/C22H23FN4O2S2/c1-13-3-8-16-17(11-13)31-20(19(16)21(28)29-2)25-22(30)24-18-9-10-27(26-18)12-14-4-6-15(23)7-5-14/h4-7,9-10,13H,3,8,11-12H2,1-2H3,(H2,24,25,26,30). The van der Waals surface area contributed by atoms with Crippen molar-refractivity contribution < 1.29 is 13.9 Å². The molecule has 4 rings (SSSR count). The second-order valence-corrected chi connectivity index (χ2v) is 9.17. The van der Waals surface area contributed by atoms with Gasteiger partial charge in [0.25, 0.3) is 0 Å². The Bertz CT molecular complexity index is 1110. The first kappa shape index (κ1) is 21.5. The van der Waals surface area contributed by atoms with E-state index < -0.39 is 0 Å². The van der Waals surface area contributed by atoms with E-state index >= 15 is 0 Å². The Hall–Kier alpha value is -2.78. The minimum Gasteiger partial charge on any atom is -0.465 e. The Labute approximate surface area is 189 Å². The number of thiocarbonyl (C=S) groups is 1. The Kier molecular flexibility index (Phi) is 6.33. The number of carbonyl (C=O) groups is 1. The highest BCUT2D eigenvalue weighted by Gasteiger charge is 2.28. The van der Waals surface area contributed by atoms with Gasteiger partial charge in [0.1, 0.15) is 10.8 Å². The number of methoxy groups -OCH3 is 1. The highest BCUT2D eigenvalue weighted by molar-refractivity contribution is 7.80. The number of esters is 1. The fourth-order valence-electron chi connectivity index (χ4n) is 3.70. The Morgan fingerprint density at radius 1 is 1.32 bits per heavy atom. The lowest BCUT2D eigenvalue weighted by Crippen LogP contribution is -2.21. The van der Waals surface area contributed by atoms with Crippen LogP contribution in [0.5, 0.6) is 0 Å². The van der Waals surface area contributed by atoms with E-state index in [1.807, 2.05) is 6.20 Å². The normalized spacial score (nSPS) is 15.3. The number of fused-ring (bicyclic) bond motifs is 1. The molecule has 1 atom stereocenters. The third kappa shape index (κ3) is 4.94. The summed E-state index contributed by atoms with van der Waals surface area (Å²) in [6.07, 6.45) is 4.70. The van der Waals surface area contributed by atoms with Crippen molar-refractivity contribution in [2.24, 2.45) is 5.92 Å². The van der Waals surface area contributed by atoms with Gasteiger partial charge in [-0.3, -0.25) is 4.68 Å². The van der Waals surface area contributed by atoms with Crippen LogP contribution in [0.4, 0.5) is 15.2 Å². The number of nitrogens with zero attached hydrogens (tertiary/aromatic N) is 2. The molecule has 0 radical (unpaired) electrons. The SMILES string of the molecule is COC(=O)c1c(NC(=S)Nc2ccn(Cc3ccc(F)cc3)n2)sc2c1CCC(C)C2. The lowest BCUT2D eigenvalue weighted by molar-refractivity contribution is 0.0601. The quantitative estimate of drug-likeness (QED) is 0.421. The summed E-state index contributed by atoms with van der Waals surface area (Å²) in [5.41, 5.74) is 2.60. The molecule has 0 aliphatic heterocycles. The number of halogens is 1. The number of hydrogen-bond acceptors (Lipinski definition) is 5. The number of thiophene rings is 1. The van der Waals surface area contributed by atoms with Gasteiger partial charge >= 0.3 is 5.97 Å². The molecular weight excluding hydrogens is 435 g/mol. The van der Waals surface area contributed by atoms with Crippen molar-refractivity contribution in [3.05, 3.63) is 63.9 Å². The number of anilines is 2. The van der Waals surface area contributed by atoms with Crippen molar-refractivity contribution in [3.8, 4) is 0 Å². The van der Waals surface area contributed by atoms with Crippen molar-refractivity contribution in [1.29, 1.82) is 0 Å². The molecule has 0 saturated carbocycles. The molecule has 0 fully saturated rings. The van der Waals surface area contributed by atoms with E-state index in [1.165, 1.54) is 24.1 Å². The molecule has 2 aromatic heterocycles. The van der Waals surface area contributed by atoms with E-state index in [0.29, 0.717) is 34.0 Å². The summed E-state index contributed by atoms with van der Waals surface area (Å²) in [5, 5.41) is 11.7. The maximum absolute atomic E-state index is 13.1. The lowest BCUT2D eigenvalue weighted by Gasteiger charge is -2.18. The molecule has 2 N–H and O–H groups in total. The summed E-state index contributed by atoms with van der Waals surface area (Å²) in [6, 6.07) is 8.11. The van der Waals surface area contributed by atoms with Crippen LogP contribution < -0.4 is 10.6 Å². The number of aromatic nitrogens is 2. The molecule has 1 aliphatic carbocycles. The Morgan fingerprint density at radius 2 is 2.10 bits per heavy atom. The summed E-state index contributed by atoms with van der Waals surface area (Å²) < 4.78 is 19.8. The van der Waals surface area contributed by atoms with Gasteiger partial charge in [0.2, 0.25) is 0 Å². The van der Waals surface area contributed by atoms with Crippen molar-refractivity contribution >= 4 is 45.5 Å². The zero-order valence-corrected chi connectivity index (χ0v) is 18.9. The van der Waals surface area contributed by atoms with Crippen molar-refractivity contribution in [3.63, 3.8) is 0 Å². The zero-order chi connectivity index (χ0) is 22.0. The van der Waals surface area contributed by atoms with Crippen LogP contribution in [-0.4, -0.2) is 28.0 Å². The molecular formula is C22H23FN4O2S2. The second-order valence-electron chi connectivity index (χ2n) is 7.65. The molecule has 0 bridgehead atoms. The van der Waals surface area contributed by atoms with E-state index in [-0.39, 0.29) is 11.8 Å². The molecule has 1 unspecified atom stereocenters. The smallest absolute Gasteiger partial charge is 0.341 e. The van der Waals surface area contributed by atoms with Crippen LogP contribution >= 0.6 is 23.6 Å². The van der Waals surface area contributed by atoms with E-state index in [9.17, 15) is 9.18 Å². The van der Waals surface area contributed by atoms with Gasteiger partial charge in [-0.1, -0.05) is 19.1 Å². The van der Waals surface area contributed by atoms with Crippen LogP contribution in [0.3, 0.4) is 0 Å².